The van der Waals surface area contributed by atoms with Crippen molar-refractivity contribution in [3.8, 4) is 0 Å². The molecule has 6 unspecified atom stereocenters. The number of rotatable bonds is 12. The highest BCUT2D eigenvalue weighted by molar-refractivity contribution is 5.84. The molecule has 28 heavy (non-hydrogen) atoms. The molecule has 0 aromatic heterocycles. The molecule has 0 amide bonds. The van der Waals surface area contributed by atoms with Crippen LogP contribution in [0.15, 0.2) is 0 Å². The third-order valence-corrected chi connectivity index (χ3v) is 7.61. The summed E-state index contributed by atoms with van der Waals surface area (Å²) >= 11 is 0. The SMILES string of the molecule is CCCCCCOC(=O)C1C2CC(C3CCCC32)C1C(=O)OCCCCCC. The van der Waals surface area contributed by atoms with Crippen LogP contribution in [-0.4, -0.2) is 25.2 Å². The predicted molar refractivity (Wildman–Crippen MR) is 110 cm³/mol. The topological polar surface area (TPSA) is 52.6 Å². The fourth-order valence-electron chi connectivity index (χ4n) is 6.34. The van der Waals surface area contributed by atoms with Gasteiger partial charge in [-0.15, -0.1) is 0 Å². The number of fused-ring (bicyclic) bond motifs is 5. The standard InChI is InChI=1S/C24H40O4/c1-3-5-7-9-14-27-23(25)21-19-16-20(18-13-11-12-17(18)19)22(21)24(26)28-15-10-8-6-4-2/h17-22H,3-16H2,1-2H3. The molecule has 6 atom stereocenters. The van der Waals surface area contributed by atoms with Crippen LogP contribution in [0.4, 0.5) is 0 Å². The highest BCUT2D eigenvalue weighted by Gasteiger charge is 2.63. The molecule has 3 fully saturated rings. The van der Waals surface area contributed by atoms with Gasteiger partial charge in [-0.3, -0.25) is 9.59 Å². The summed E-state index contributed by atoms with van der Waals surface area (Å²) in [6.07, 6.45) is 13.5. The Morgan fingerprint density at radius 3 is 1.57 bits per heavy atom. The molecule has 0 spiro atoms. The van der Waals surface area contributed by atoms with E-state index >= 15 is 0 Å². The van der Waals surface area contributed by atoms with Gasteiger partial charge in [0.15, 0.2) is 0 Å². The first-order chi connectivity index (χ1) is 13.7. The first-order valence-corrected chi connectivity index (χ1v) is 12.0. The maximum absolute atomic E-state index is 13.0. The van der Waals surface area contributed by atoms with Gasteiger partial charge in [-0.2, -0.15) is 0 Å². The van der Waals surface area contributed by atoms with Crippen molar-refractivity contribution in [1.82, 2.24) is 0 Å². The van der Waals surface area contributed by atoms with Crippen LogP contribution >= 0.6 is 0 Å². The normalized spacial score (nSPS) is 33.1. The van der Waals surface area contributed by atoms with Crippen LogP contribution in [0, 0.1) is 35.5 Å². The van der Waals surface area contributed by atoms with E-state index in [-0.39, 0.29) is 23.8 Å². The van der Waals surface area contributed by atoms with Crippen molar-refractivity contribution in [2.75, 3.05) is 13.2 Å². The van der Waals surface area contributed by atoms with Crippen LogP contribution in [0.3, 0.4) is 0 Å². The Morgan fingerprint density at radius 2 is 1.14 bits per heavy atom. The lowest BCUT2D eigenvalue weighted by Gasteiger charge is -2.35. The lowest BCUT2D eigenvalue weighted by atomic mass is 9.69. The summed E-state index contributed by atoms with van der Waals surface area (Å²) in [5.74, 6) is 1.21. The lowest BCUT2D eigenvalue weighted by molar-refractivity contribution is -0.166. The highest BCUT2D eigenvalue weighted by Crippen LogP contribution is 2.63. The van der Waals surface area contributed by atoms with Crippen molar-refractivity contribution in [1.29, 1.82) is 0 Å². The molecule has 0 aromatic rings. The van der Waals surface area contributed by atoms with E-state index in [4.69, 9.17) is 9.47 Å². The Kier molecular flexibility index (Phi) is 8.23. The van der Waals surface area contributed by atoms with Crippen LogP contribution < -0.4 is 0 Å². The zero-order valence-corrected chi connectivity index (χ0v) is 18.0. The number of esters is 2. The molecule has 0 N–H and O–H groups in total. The number of carbonyl (C=O) groups excluding carboxylic acids is 2. The number of unbranched alkanes of at least 4 members (excludes halogenated alkanes) is 6. The minimum absolute atomic E-state index is 0.123. The first kappa shape index (κ1) is 21.6. The largest absolute Gasteiger partial charge is 0.465 e. The van der Waals surface area contributed by atoms with Gasteiger partial charge < -0.3 is 9.47 Å². The summed E-state index contributed by atoms with van der Waals surface area (Å²) in [4.78, 5) is 25.9. The van der Waals surface area contributed by atoms with Gasteiger partial charge >= 0.3 is 11.9 Å². The average Bonchev–Trinajstić information content (AvgIpc) is 3.39. The van der Waals surface area contributed by atoms with Crippen molar-refractivity contribution >= 4 is 11.9 Å². The van der Waals surface area contributed by atoms with Gasteiger partial charge in [0, 0.05) is 0 Å². The smallest absolute Gasteiger partial charge is 0.310 e. The second kappa shape index (κ2) is 10.6. The highest BCUT2D eigenvalue weighted by atomic mass is 16.5. The molecule has 3 aliphatic carbocycles. The predicted octanol–water partition coefficient (Wildman–Crippen LogP) is 5.53. The second-order valence-corrected chi connectivity index (χ2v) is 9.33. The molecule has 0 heterocycles. The molecular weight excluding hydrogens is 352 g/mol. The van der Waals surface area contributed by atoms with Crippen LogP contribution in [0.25, 0.3) is 0 Å². The quantitative estimate of drug-likeness (QED) is 0.323. The maximum atomic E-state index is 13.0. The number of hydrogen-bond donors (Lipinski definition) is 0. The summed E-state index contributed by atoms with van der Waals surface area (Å²) < 4.78 is 11.3. The molecule has 2 bridgehead atoms. The Hall–Kier alpha value is -1.06. The molecule has 4 heteroatoms. The first-order valence-electron chi connectivity index (χ1n) is 12.0. The van der Waals surface area contributed by atoms with E-state index in [9.17, 15) is 9.59 Å². The summed E-state index contributed by atoms with van der Waals surface area (Å²) in [5.41, 5.74) is 0. The van der Waals surface area contributed by atoms with Crippen molar-refractivity contribution in [3.63, 3.8) is 0 Å². The summed E-state index contributed by atoms with van der Waals surface area (Å²) in [7, 11) is 0. The van der Waals surface area contributed by atoms with Gasteiger partial charge in [0.1, 0.15) is 0 Å². The van der Waals surface area contributed by atoms with Crippen LogP contribution in [-0.2, 0) is 19.1 Å². The average molecular weight is 393 g/mol. The van der Waals surface area contributed by atoms with Crippen molar-refractivity contribution < 1.29 is 19.1 Å². The van der Waals surface area contributed by atoms with Gasteiger partial charge in [0.25, 0.3) is 0 Å². The molecule has 0 saturated heterocycles. The molecule has 0 radical (unpaired) electrons. The molecular formula is C24H40O4. The second-order valence-electron chi connectivity index (χ2n) is 9.33. The molecule has 4 nitrogen and oxygen atoms in total. The van der Waals surface area contributed by atoms with Gasteiger partial charge in [0.05, 0.1) is 25.0 Å². The van der Waals surface area contributed by atoms with Gasteiger partial charge in [-0.25, -0.2) is 0 Å². The van der Waals surface area contributed by atoms with Gasteiger partial charge in [-0.1, -0.05) is 58.8 Å². The molecule has 0 aliphatic heterocycles. The molecule has 3 aliphatic rings. The van der Waals surface area contributed by atoms with Crippen LogP contribution in [0.2, 0.25) is 0 Å². The van der Waals surface area contributed by atoms with E-state index in [0.717, 1.165) is 32.1 Å². The monoisotopic (exact) mass is 392 g/mol. The van der Waals surface area contributed by atoms with E-state index in [2.05, 4.69) is 13.8 Å². The minimum Gasteiger partial charge on any atom is -0.465 e. The fourth-order valence-corrected chi connectivity index (χ4v) is 6.34. The number of ether oxygens (including phenoxy) is 2. The lowest BCUT2D eigenvalue weighted by Crippen LogP contribution is -2.42. The Balaban J connectivity index is 1.57. The van der Waals surface area contributed by atoms with Gasteiger partial charge in [-0.05, 0) is 55.8 Å². The number of hydrogen-bond acceptors (Lipinski definition) is 4. The summed E-state index contributed by atoms with van der Waals surface area (Å²) in [6, 6.07) is 0. The molecule has 3 rings (SSSR count). The molecule has 0 aromatic carbocycles. The fraction of sp³-hybridized carbons (Fsp3) is 0.917. The summed E-state index contributed by atoms with van der Waals surface area (Å²) in [5, 5.41) is 0. The maximum Gasteiger partial charge on any atom is 0.310 e. The van der Waals surface area contributed by atoms with E-state index in [0.29, 0.717) is 36.9 Å². The zero-order chi connectivity index (χ0) is 19.9. The van der Waals surface area contributed by atoms with Crippen LogP contribution in [0.1, 0.15) is 90.9 Å². The zero-order valence-electron chi connectivity index (χ0n) is 18.0. The van der Waals surface area contributed by atoms with Crippen molar-refractivity contribution in [2.45, 2.75) is 90.9 Å². The summed E-state index contributed by atoms with van der Waals surface area (Å²) in [6.45, 7) is 5.36. The van der Waals surface area contributed by atoms with Crippen LogP contribution in [0.5, 0.6) is 0 Å². The molecule has 160 valence electrons. The Morgan fingerprint density at radius 1 is 0.679 bits per heavy atom. The van der Waals surface area contributed by atoms with Gasteiger partial charge in [0.2, 0.25) is 0 Å². The minimum atomic E-state index is -0.251. The van der Waals surface area contributed by atoms with E-state index < -0.39 is 0 Å². The van der Waals surface area contributed by atoms with E-state index in [1.165, 1.54) is 44.9 Å². The van der Waals surface area contributed by atoms with Crippen molar-refractivity contribution in [2.24, 2.45) is 35.5 Å². The Labute approximate surface area is 171 Å². The van der Waals surface area contributed by atoms with E-state index in [1.54, 1.807) is 0 Å². The van der Waals surface area contributed by atoms with E-state index in [1.807, 2.05) is 0 Å². The molecule has 3 saturated carbocycles. The Bertz CT molecular complexity index is 473. The third kappa shape index (κ3) is 4.74. The third-order valence-electron chi connectivity index (χ3n) is 7.61. The number of carbonyl (C=O) groups is 2. The van der Waals surface area contributed by atoms with Crippen molar-refractivity contribution in [3.05, 3.63) is 0 Å².